The lowest BCUT2D eigenvalue weighted by Crippen LogP contribution is -2.13. The minimum absolute atomic E-state index is 0.0332. The molecule has 6 heteroatoms. The van der Waals surface area contributed by atoms with Crippen LogP contribution in [0.5, 0.6) is 0 Å². The van der Waals surface area contributed by atoms with Gasteiger partial charge in [0.25, 0.3) is 5.91 Å². The molecule has 35 heavy (non-hydrogen) atoms. The molecular formula is C29H19Cl2N3O. The average molecular weight is 496 g/mol. The average Bonchev–Trinajstić information content (AvgIpc) is 3.22. The van der Waals surface area contributed by atoms with Crippen molar-refractivity contribution in [1.29, 1.82) is 5.26 Å². The number of aromatic nitrogens is 1. The lowest BCUT2D eigenvalue weighted by molar-refractivity contribution is -0.112. The van der Waals surface area contributed by atoms with Gasteiger partial charge in [-0.3, -0.25) is 4.79 Å². The van der Waals surface area contributed by atoms with Crippen molar-refractivity contribution < 1.29 is 4.79 Å². The molecular weight excluding hydrogens is 477 g/mol. The van der Waals surface area contributed by atoms with Crippen LogP contribution in [0.25, 0.3) is 27.8 Å². The van der Waals surface area contributed by atoms with Crippen LogP contribution in [0.1, 0.15) is 11.1 Å². The summed E-state index contributed by atoms with van der Waals surface area (Å²) in [5, 5.41) is 16.3. The molecule has 170 valence electrons. The Morgan fingerprint density at radius 2 is 1.63 bits per heavy atom. The van der Waals surface area contributed by atoms with E-state index < -0.39 is 5.91 Å². The molecule has 4 nitrogen and oxygen atoms in total. The maximum atomic E-state index is 12.9. The lowest BCUT2D eigenvalue weighted by atomic mass is 10.0. The number of rotatable bonds is 5. The van der Waals surface area contributed by atoms with Gasteiger partial charge < -0.3 is 9.88 Å². The van der Waals surface area contributed by atoms with Gasteiger partial charge in [0.1, 0.15) is 11.6 Å². The molecule has 0 saturated carbocycles. The number of halogens is 2. The van der Waals surface area contributed by atoms with E-state index in [0.29, 0.717) is 17.3 Å². The number of nitriles is 1. The number of nitrogens with zero attached hydrogens (tertiary/aromatic N) is 2. The first kappa shape index (κ1) is 22.7. The molecule has 0 aliphatic carbocycles. The molecule has 0 fully saturated rings. The number of para-hydroxylation sites is 1. The van der Waals surface area contributed by atoms with E-state index >= 15 is 0 Å². The van der Waals surface area contributed by atoms with Gasteiger partial charge in [-0.2, -0.15) is 5.26 Å². The largest absolute Gasteiger partial charge is 0.342 e. The van der Waals surface area contributed by atoms with Gasteiger partial charge in [-0.15, -0.1) is 0 Å². The van der Waals surface area contributed by atoms with Crippen molar-refractivity contribution >= 4 is 62.5 Å². The molecule has 0 unspecified atom stereocenters. The second-order valence-electron chi connectivity index (χ2n) is 8.09. The summed E-state index contributed by atoms with van der Waals surface area (Å²) < 4.78 is 2.14. The molecule has 1 heterocycles. The van der Waals surface area contributed by atoms with Gasteiger partial charge in [-0.05, 0) is 40.6 Å². The lowest BCUT2D eigenvalue weighted by Gasteiger charge is -2.09. The quantitative estimate of drug-likeness (QED) is 0.200. The zero-order chi connectivity index (χ0) is 24.4. The van der Waals surface area contributed by atoms with E-state index in [2.05, 4.69) is 40.2 Å². The van der Waals surface area contributed by atoms with Crippen LogP contribution >= 0.6 is 23.2 Å². The maximum absolute atomic E-state index is 12.9. The van der Waals surface area contributed by atoms with Crippen molar-refractivity contribution in [2.45, 2.75) is 6.54 Å². The highest BCUT2D eigenvalue weighted by Gasteiger charge is 2.15. The number of hydrogen-bond acceptors (Lipinski definition) is 2. The number of nitrogens with one attached hydrogen (secondary N) is 1. The Morgan fingerprint density at radius 1 is 0.914 bits per heavy atom. The molecule has 0 bridgehead atoms. The van der Waals surface area contributed by atoms with E-state index in [1.54, 1.807) is 24.3 Å². The van der Waals surface area contributed by atoms with Crippen LogP contribution in [0, 0.1) is 11.3 Å². The van der Waals surface area contributed by atoms with Crippen LogP contribution in [0.2, 0.25) is 10.0 Å². The molecule has 1 amide bonds. The molecule has 4 aromatic carbocycles. The Morgan fingerprint density at radius 3 is 2.46 bits per heavy atom. The fourth-order valence-electron chi connectivity index (χ4n) is 4.23. The second kappa shape index (κ2) is 9.68. The van der Waals surface area contributed by atoms with Crippen molar-refractivity contribution in [2.24, 2.45) is 0 Å². The van der Waals surface area contributed by atoms with Gasteiger partial charge in [-0.1, -0.05) is 89.9 Å². The van der Waals surface area contributed by atoms with Gasteiger partial charge in [0.2, 0.25) is 0 Å². The smallest absolute Gasteiger partial charge is 0.266 e. The number of fused-ring (bicyclic) bond motifs is 2. The van der Waals surface area contributed by atoms with Gasteiger partial charge in [0.05, 0.1) is 15.7 Å². The zero-order valence-corrected chi connectivity index (χ0v) is 20.0. The van der Waals surface area contributed by atoms with E-state index in [9.17, 15) is 10.1 Å². The molecule has 5 aromatic rings. The summed E-state index contributed by atoms with van der Waals surface area (Å²) in [6.45, 7) is 0.655. The zero-order valence-electron chi connectivity index (χ0n) is 18.5. The van der Waals surface area contributed by atoms with Gasteiger partial charge in [0.15, 0.2) is 0 Å². The van der Waals surface area contributed by atoms with Crippen LogP contribution in [-0.4, -0.2) is 10.5 Å². The normalized spacial score (nSPS) is 11.5. The van der Waals surface area contributed by atoms with E-state index in [0.717, 1.165) is 16.5 Å². The predicted molar refractivity (Wildman–Crippen MR) is 144 cm³/mol. The standard InChI is InChI=1S/C29H19Cl2N3O/c30-25-12-6-13-26(28(25)31)33-29(35)21(16-32)15-22-18-34(27-14-4-3-11-24(22)27)17-20-9-5-8-19-7-1-2-10-23(19)20/h1-15,18H,17H2,(H,33,35)/b21-15+. The number of carbonyl (C=O) groups excluding carboxylic acids is 1. The predicted octanol–water partition coefficient (Wildman–Crippen LogP) is 7.70. The van der Waals surface area contributed by atoms with Crippen molar-refractivity contribution in [3.63, 3.8) is 0 Å². The van der Waals surface area contributed by atoms with Crippen LogP contribution < -0.4 is 5.32 Å². The van der Waals surface area contributed by atoms with Gasteiger partial charge >= 0.3 is 0 Å². The van der Waals surface area contributed by atoms with Gasteiger partial charge in [0, 0.05) is 29.2 Å². The second-order valence-corrected chi connectivity index (χ2v) is 8.88. The number of hydrogen-bond donors (Lipinski definition) is 1. The van der Waals surface area contributed by atoms with E-state index in [1.807, 2.05) is 48.7 Å². The third-order valence-electron chi connectivity index (χ3n) is 5.90. The van der Waals surface area contributed by atoms with Gasteiger partial charge in [-0.25, -0.2) is 0 Å². The molecule has 0 saturated heterocycles. The molecule has 0 aliphatic rings. The first-order valence-electron chi connectivity index (χ1n) is 11.0. The summed E-state index contributed by atoms with van der Waals surface area (Å²) in [4.78, 5) is 12.9. The summed E-state index contributed by atoms with van der Waals surface area (Å²) >= 11 is 12.2. The first-order valence-corrected chi connectivity index (χ1v) is 11.7. The monoisotopic (exact) mass is 495 g/mol. The molecule has 0 aliphatic heterocycles. The molecule has 5 rings (SSSR count). The van der Waals surface area contributed by atoms with Crippen molar-refractivity contribution in [3.8, 4) is 6.07 Å². The van der Waals surface area contributed by atoms with Crippen molar-refractivity contribution in [3.05, 3.63) is 118 Å². The van der Waals surface area contributed by atoms with Crippen LogP contribution in [-0.2, 0) is 11.3 Å². The Kier molecular flexibility index (Phi) is 6.29. The molecule has 0 spiro atoms. The minimum atomic E-state index is -0.553. The summed E-state index contributed by atoms with van der Waals surface area (Å²) in [6.07, 6.45) is 3.58. The highest BCUT2D eigenvalue weighted by Crippen LogP contribution is 2.30. The third kappa shape index (κ3) is 4.52. The van der Waals surface area contributed by atoms with E-state index in [1.165, 1.54) is 16.3 Å². The minimum Gasteiger partial charge on any atom is -0.342 e. The summed E-state index contributed by atoms with van der Waals surface area (Å²) in [5.41, 5.74) is 3.30. The van der Waals surface area contributed by atoms with Crippen LogP contribution in [0.4, 0.5) is 5.69 Å². The SMILES string of the molecule is N#C/C(=C\c1cn(Cc2cccc3ccccc23)c2ccccc12)C(=O)Nc1cccc(Cl)c1Cl. The molecule has 0 radical (unpaired) electrons. The molecule has 1 N–H and O–H groups in total. The Hall–Kier alpha value is -4.04. The topological polar surface area (TPSA) is 57.8 Å². The number of anilines is 1. The van der Waals surface area contributed by atoms with Crippen LogP contribution in [0.3, 0.4) is 0 Å². The van der Waals surface area contributed by atoms with Crippen molar-refractivity contribution in [2.75, 3.05) is 5.32 Å². The summed E-state index contributed by atoms with van der Waals surface area (Å²) in [6, 6.07) is 29.5. The number of carbonyl (C=O) groups is 1. The van der Waals surface area contributed by atoms with Crippen LogP contribution in [0.15, 0.2) is 96.7 Å². The number of benzene rings is 4. The fourth-order valence-corrected chi connectivity index (χ4v) is 4.58. The highest BCUT2D eigenvalue weighted by atomic mass is 35.5. The molecule has 1 aromatic heterocycles. The Bertz CT molecular complexity index is 1650. The first-order chi connectivity index (χ1) is 17.0. The Balaban J connectivity index is 1.52. The molecule has 0 atom stereocenters. The Labute approximate surface area is 212 Å². The van der Waals surface area contributed by atoms with E-state index in [4.69, 9.17) is 23.2 Å². The van der Waals surface area contributed by atoms with Crippen molar-refractivity contribution in [1.82, 2.24) is 4.57 Å². The van der Waals surface area contributed by atoms with E-state index in [-0.39, 0.29) is 10.6 Å². The maximum Gasteiger partial charge on any atom is 0.266 e. The summed E-state index contributed by atoms with van der Waals surface area (Å²) in [7, 11) is 0. The highest BCUT2D eigenvalue weighted by molar-refractivity contribution is 6.44. The third-order valence-corrected chi connectivity index (χ3v) is 6.72. The fraction of sp³-hybridized carbons (Fsp3) is 0.0345. The number of amides is 1. The summed E-state index contributed by atoms with van der Waals surface area (Å²) in [5.74, 6) is -0.553.